The van der Waals surface area contributed by atoms with Crippen LogP contribution in [0.2, 0.25) is 0 Å². The average Bonchev–Trinajstić information content (AvgIpc) is 3.21. The van der Waals surface area contributed by atoms with Crippen molar-refractivity contribution in [3.8, 4) is 5.75 Å². The summed E-state index contributed by atoms with van der Waals surface area (Å²) in [5.74, 6) is 1.49. The Morgan fingerprint density at radius 2 is 1.80 bits per heavy atom. The molecule has 3 aliphatic rings. The second-order valence-corrected chi connectivity index (χ2v) is 9.79. The molecule has 2 unspecified atom stereocenters. The number of aldehydes is 1. The number of anilines is 3. The number of ether oxygens (including phenoxy) is 2. The summed E-state index contributed by atoms with van der Waals surface area (Å²) in [4.78, 5) is 28.5. The van der Waals surface area contributed by atoms with Gasteiger partial charge in [0.2, 0.25) is 5.95 Å². The van der Waals surface area contributed by atoms with Crippen molar-refractivity contribution in [3.05, 3.63) is 30.6 Å². The van der Waals surface area contributed by atoms with E-state index in [9.17, 15) is 4.79 Å². The largest absolute Gasteiger partial charge is 0.488 e. The van der Waals surface area contributed by atoms with Gasteiger partial charge in [-0.1, -0.05) is 0 Å². The van der Waals surface area contributed by atoms with Crippen LogP contribution in [0, 0.1) is 0 Å². The highest BCUT2D eigenvalue weighted by Crippen LogP contribution is 2.43. The molecular formula is C26H34N6O3. The molecule has 2 aliphatic heterocycles. The Labute approximate surface area is 206 Å². The van der Waals surface area contributed by atoms with E-state index in [1.807, 2.05) is 25.1 Å². The lowest BCUT2D eigenvalue weighted by atomic mass is 9.93. The van der Waals surface area contributed by atoms with Gasteiger partial charge in [0.15, 0.2) is 6.29 Å². The number of hydrogen-bond acceptors (Lipinski definition) is 9. The Morgan fingerprint density at radius 3 is 2.46 bits per heavy atom. The number of hydrogen-bond donors (Lipinski definition) is 1. The van der Waals surface area contributed by atoms with Gasteiger partial charge in [-0.2, -0.15) is 0 Å². The Morgan fingerprint density at radius 1 is 1.09 bits per heavy atom. The Hall–Kier alpha value is -3.20. The molecule has 3 fully saturated rings. The van der Waals surface area contributed by atoms with Gasteiger partial charge in [-0.15, -0.1) is 0 Å². The molecule has 2 atom stereocenters. The summed E-state index contributed by atoms with van der Waals surface area (Å²) in [6.07, 6.45) is 12.3. The number of benzene rings is 1. The third kappa shape index (κ3) is 5.56. The van der Waals surface area contributed by atoms with Crippen molar-refractivity contribution >= 4 is 35.5 Å². The molecule has 2 aromatic rings. The molecule has 9 nitrogen and oxygen atoms in total. The van der Waals surface area contributed by atoms with Crippen LogP contribution in [0.1, 0.15) is 38.5 Å². The third-order valence-corrected chi connectivity index (χ3v) is 7.04. The molecule has 0 spiro atoms. The summed E-state index contributed by atoms with van der Waals surface area (Å²) >= 11 is 0. The Kier molecular flexibility index (Phi) is 7.13. The fourth-order valence-electron chi connectivity index (χ4n) is 5.40. The zero-order valence-corrected chi connectivity index (χ0v) is 20.5. The zero-order valence-electron chi connectivity index (χ0n) is 20.5. The van der Waals surface area contributed by atoms with E-state index >= 15 is 0 Å². The molecule has 2 saturated heterocycles. The van der Waals surface area contributed by atoms with Gasteiger partial charge in [0.1, 0.15) is 11.4 Å². The molecule has 1 aromatic carbocycles. The minimum absolute atomic E-state index is 0.113. The lowest BCUT2D eigenvalue weighted by molar-refractivity contribution is -0.102. The van der Waals surface area contributed by atoms with Crippen LogP contribution in [0.4, 0.5) is 23.0 Å². The van der Waals surface area contributed by atoms with Crippen molar-refractivity contribution in [1.82, 2.24) is 9.97 Å². The van der Waals surface area contributed by atoms with E-state index in [0.29, 0.717) is 18.3 Å². The maximum absolute atomic E-state index is 11.1. The van der Waals surface area contributed by atoms with Crippen molar-refractivity contribution < 1.29 is 14.3 Å². The minimum atomic E-state index is 0.113. The smallest absolute Gasteiger partial charge is 0.222 e. The Bertz CT molecular complexity index is 1030. The second-order valence-electron chi connectivity index (χ2n) is 9.79. The Balaban J connectivity index is 1.35. The van der Waals surface area contributed by atoms with Crippen LogP contribution in [-0.2, 0) is 9.53 Å². The van der Waals surface area contributed by atoms with E-state index in [2.05, 4.69) is 37.3 Å². The molecular weight excluding hydrogens is 444 g/mol. The highest BCUT2D eigenvalue weighted by Gasteiger charge is 2.34. The molecule has 2 bridgehead atoms. The number of morpholine rings is 1. The summed E-state index contributed by atoms with van der Waals surface area (Å²) in [5.41, 5.74) is 2.70. The molecule has 1 aliphatic carbocycles. The van der Waals surface area contributed by atoms with E-state index in [1.54, 1.807) is 12.4 Å². The van der Waals surface area contributed by atoms with Gasteiger partial charge in [0.05, 0.1) is 30.2 Å². The third-order valence-electron chi connectivity index (χ3n) is 7.04. The highest BCUT2D eigenvalue weighted by atomic mass is 16.5. The van der Waals surface area contributed by atoms with Gasteiger partial charge in [0, 0.05) is 57.4 Å². The normalized spacial score (nSPS) is 26.1. The number of rotatable bonds is 8. The van der Waals surface area contributed by atoms with E-state index in [0.717, 1.165) is 74.4 Å². The van der Waals surface area contributed by atoms with Gasteiger partial charge in [-0.25, -0.2) is 9.97 Å². The van der Waals surface area contributed by atoms with E-state index in [-0.39, 0.29) is 18.3 Å². The molecule has 1 N–H and O–H groups in total. The molecule has 0 radical (unpaired) electrons. The first kappa shape index (κ1) is 23.5. The van der Waals surface area contributed by atoms with E-state index < -0.39 is 0 Å². The van der Waals surface area contributed by atoms with Gasteiger partial charge >= 0.3 is 0 Å². The first-order chi connectivity index (χ1) is 17.1. The predicted molar refractivity (Wildman–Crippen MR) is 137 cm³/mol. The van der Waals surface area contributed by atoms with Gasteiger partial charge in [0.25, 0.3) is 0 Å². The molecule has 1 aromatic heterocycles. The maximum atomic E-state index is 11.1. The van der Waals surface area contributed by atoms with Crippen LogP contribution in [0.25, 0.3) is 0 Å². The van der Waals surface area contributed by atoms with Crippen molar-refractivity contribution in [2.24, 2.45) is 4.99 Å². The lowest BCUT2D eigenvalue weighted by Gasteiger charge is -2.35. The van der Waals surface area contributed by atoms with Crippen LogP contribution in [0.5, 0.6) is 5.75 Å². The summed E-state index contributed by atoms with van der Waals surface area (Å²) in [6.45, 7) is 1.73. The fraction of sp³-hybridized carbons (Fsp3) is 0.538. The summed E-state index contributed by atoms with van der Waals surface area (Å²) in [5, 5.41) is 3.44. The molecule has 186 valence electrons. The maximum Gasteiger partial charge on any atom is 0.222 e. The van der Waals surface area contributed by atoms with E-state index in [4.69, 9.17) is 9.47 Å². The first-order valence-electron chi connectivity index (χ1n) is 12.5. The van der Waals surface area contributed by atoms with Crippen LogP contribution in [0.15, 0.2) is 35.6 Å². The number of carbonyl (C=O) groups excluding carboxylic acids is 1. The highest BCUT2D eigenvalue weighted by molar-refractivity contribution is 6.14. The number of aliphatic imine (C=N–C) groups is 1. The molecule has 1 saturated carbocycles. The van der Waals surface area contributed by atoms with Crippen LogP contribution in [0.3, 0.4) is 0 Å². The second kappa shape index (κ2) is 10.6. The van der Waals surface area contributed by atoms with Gasteiger partial charge in [-0.3, -0.25) is 9.79 Å². The number of nitrogens with one attached hydrogen (secondary N) is 1. The SMILES string of the molecule is CN(C)c1c(/N=C\C=O)cc(N2CC3CCC(C2)O3)cc1O[C@H]1CC[C@@H](Nc2ncccn2)CC1. The summed E-state index contributed by atoms with van der Waals surface area (Å²) < 4.78 is 12.7. The van der Waals surface area contributed by atoms with Gasteiger partial charge < -0.3 is 24.6 Å². The monoisotopic (exact) mass is 478 g/mol. The molecule has 35 heavy (non-hydrogen) atoms. The van der Waals surface area contributed by atoms with Crippen molar-refractivity contribution in [2.75, 3.05) is 42.3 Å². The summed E-state index contributed by atoms with van der Waals surface area (Å²) in [6, 6.07) is 6.37. The minimum Gasteiger partial charge on any atom is -0.488 e. The van der Waals surface area contributed by atoms with Crippen molar-refractivity contribution in [1.29, 1.82) is 0 Å². The molecule has 9 heteroatoms. The average molecular weight is 479 g/mol. The zero-order chi connectivity index (χ0) is 24.2. The van der Waals surface area contributed by atoms with E-state index in [1.165, 1.54) is 6.21 Å². The van der Waals surface area contributed by atoms with Crippen molar-refractivity contribution in [3.63, 3.8) is 0 Å². The van der Waals surface area contributed by atoms with Crippen LogP contribution >= 0.6 is 0 Å². The number of nitrogens with zero attached hydrogens (tertiary/aromatic N) is 5. The summed E-state index contributed by atoms with van der Waals surface area (Å²) in [7, 11) is 3.97. The van der Waals surface area contributed by atoms with Crippen LogP contribution < -0.4 is 19.9 Å². The lowest BCUT2D eigenvalue weighted by Crippen LogP contribution is -2.42. The predicted octanol–water partition coefficient (Wildman–Crippen LogP) is 3.61. The van der Waals surface area contributed by atoms with Gasteiger partial charge in [-0.05, 0) is 50.7 Å². The van der Waals surface area contributed by atoms with Crippen molar-refractivity contribution in [2.45, 2.75) is 62.9 Å². The van der Waals surface area contributed by atoms with Crippen LogP contribution in [-0.4, -0.2) is 74.0 Å². The molecule has 5 rings (SSSR count). The molecule has 3 heterocycles. The number of aromatic nitrogens is 2. The number of fused-ring (bicyclic) bond motifs is 2. The quantitative estimate of drug-likeness (QED) is 0.454. The fourth-order valence-corrected chi connectivity index (χ4v) is 5.40. The first-order valence-corrected chi connectivity index (χ1v) is 12.5. The standard InChI is InChI=1S/C26H34N6O3/c1-31(2)25-23(27-12-13-33)14-19(32-16-21-8-9-22(17-32)34-21)15-24(25)35-20-6-4-18(5-7-20)30-26-28-10-3-11-29-26/h3,10-15,18,20-22H,4-9,16-17H2,1-2H3,(H,28,29,30)/b27-12-/t18-,20+,21?,22?. The number of carbonyl (C=O) groups is 1. The topological polar surface area (TPSA) is 92.2 Å². The molecule has 0 amide bonds.